The van der Waals surface area contributed by atoms with Gasteiger partial charge in [-0.1, -0.05) is 18.2 Å². The van der Waals surface area contributed by atoms with E-state index in [2.05, 4.69) is 15.4 Å². The van der Waals surface area contributed by atoms with E-state index in [1.165, 1.54) is 11.3 Å². The summed E-state index contributed by atoms with van der Waals surface area (Å²) in [6.45, 7) is 0. The van der Waals surface area contributed by atoms with Crippen LogP contribution in [-0.4, -0.2) is 26.8 Å². The van der Waals surface area contributed by atoms with Crippen molar-refractivity contribution in [2.75, 3.05) is 11.1 Å². The first kappa shape index (κ1) is 21.1. The van der Waals surface area contributed by atoms with Crippen molar-refractivity contribution in [2.24, 2.45) is 5.73 Å². The molecule has 0 saturated carbocycles. The number of nitrogen functional groups attached to an aromatic ring is 1. The first-order valence-corrected chi connectivity index (χ1v) is 10.6. The molecule has 0 fully saturated rings. The molecule has 0 saturated heterocycles. The van der Waals surface area contributed by atoms with E-state index in [1.807, 2.05) is 22.9 Å². The average molecular weight is 449 g/mol. The number of carbonyl (C=O) groups excluding carboxylic acids is 2. The van der Waals surface area contributed by atoms with Gasteiger partial charge in [0.1, 0.15) is 6.10 Å². The summed E-state index contributed by atoms with van der Waals surface area (Å²) < 4.78 is 6.88. The number of amides is 2. The largest absolute Gasteiger partial charge is 0.441 e. The summed E-state index contributed by atoms with van der Waals surface area (Å²) in [6.07, 6.45) is 3.92. The third-order valence-electron chi connectivity index (χ3n) is 4.69. The zero-order chi connectivity index (χ0) is 22.5. The Bertz CT molecular complexity index is 1210. The first-order chi connectivity index (χ1) is 15.5. The van der Waals surface area contributed by atoms with E-state index in [1.54, 1.807) is 53.6 Å². The number of hydrogen-bond acceptors (Lipinski definition) is 7. The lowest BCUT2D eigenvalue weighted by molar-refractivity contribution is 0.102. The lowest BCUT2D eigenvalue weighted by Gasteiger charge is -2.17. The van der Waals surface area contributed by atoms with Gasteiger partial charge >= 0.3 is 6.09 Å². The van der Waals surface area contributed by atoms with Gasteiger partial charge in [0.05, 0.1) is 17.6 Å². The molecule has 1 unspecified atom stereocenters. The molecular weight excluding hydrogens is 428 g/mol. The number of aromatic nitrogens is 3. The Labute approximate surface area is 187 Å². The van der Waals surface area contributed by atoms with Gasteiger partial charge in [-0.2, -0.15) is 11.3 Å². The van der Waals surface area contributed by atoms with E-state index in [0.29, 0.717) is 23.2 Å². The lowest BCUT2D eigenvalue weighted by atomic mass is 10.0. The van der Waals surface area contributed by atoms with Crippen LogP contribution in [0.5, 0.6) is 0 Å². The van der Waals surface area contributed by atoms with Crippen LogP contribution in [0.1, 0.15) is 27.6 Å². The predicted octanol–water partition coefficient (Wildman–Crippen LogP) is 3.54. The van der Waals surface area contributed by atoms with Gasteiger partial charge in [0.2, 0.25) is 0 Å². The van der Waals surface area contributed by atoms with E-state index < -0.39 is 12.2 Å². The Balaban J connectivity index is 1.48. The molecule has 2 amide bonds. The molecule has 0 spiro atoms. The molecule has 9 nitrogen and oxygen atoms in total. The molecule has 0 radical (unpaired) electrons. The van der Waals surface area contributed by atoms with E-state index >= 15 is 0 Å². The first-order valence-electron chi connectivity index (χ1n) is 9.63. The molecule has 0 aliphatic rings. The van der Waals surface area contributed by atoms with Crippen molar-refractivity contribution in [1.82, 2.24) is 14.8 Å². The number of nitrogens with one attached hydrogen (secondary N) is 1. The summed E-state index contributed by atoms with van der Waals surface area (Å²) in [5.74, 6) is -0.0877. The SMILES string of the molecule is NC(=O)OC(Cc1cccnc1)c1ccc(C(=O)Nc2nn(-c3ccsc3)cc2N)cc1. The van der Waals surface area contributed by atoms with Gasteiger partial charge in [0, 0.05) is 29.8 Å². The minimum Gasteiger partial charge on any atom is -0.441 e. The molecule has 162 valence electrons. The van der Waals surface area contributed by atoms with Crippen LogP contribution < -0.4 is 16.8 Å². The Morgan fingerprint density at radius 2 is 2.00 bits per heavy atom. The Hall–Kier alpha value is -4.18. The molecular formula is C22H20N6O3S. The minimum atomic E-state index is -0.877. The molecule has 5 N–H and O–H groups in total. The van der Waals surface area contributed by atoms with Gasteiger partial charge in [-0.3, -0.25) is 9.78 Å². The molecule has 1 aromatic carbocycles. The van der Waals surface area contributed by atoms with Crippen LogP contribution in [0.4, 0.5) is 16.3 Å². The van der Waals surface area contributed by atoms with Gasteiger partial charge < -0.3 is 21.5 Å². The van der Waals surface area contributed by atoms with Crippen molar-refractivity contribution >= 4 is 34.8 Å². The zero-order valence-electron chi connectivity index (χ0n) is 16.8. The summed E-state index contributed by atoms with van der Waals surface area (Å²) in [5.41, 5.74) is 14.4. The van der Waals surface area contributed by atoms with Gasteiger partial charge in [-0.05, 0) is 40.8 Å². The number of benzene rings is 1. The molecule has 1 atom stereocenters. The molecule has 4 rings (SSSR count). The van der Waals surface area contributed by atoms with Crippen molar-refractivity contribution in [3.8, 4) is 5.69 Å². The average Bonchev–Trinajstić information content (AvgIpc) is 3.44. The fourth-order valence-corrected chi connectivity index (χ4v) is 3.76. The van der Waals surface area contributed by atoms with Gasteiger partial charge in [0.15, 0.2) is 5.82 Å². The number of hydrogen-bond donors (Lipinski definition) is 3. The number of nitrogens with two attached hydrogens (primary N) is 2. The second-order valence-corrected chi connectivity index (χ2v) is 7.71. The van der Waals surface area contributed by atoms with Crippen molar-refractivity contribution in [3.05, 3.63) is 88.5 Å². The smallest absolute Gasteiger partial charge is 0.405 e. The highest BCUT2D eigenvalue weighted by Crippen LogP contribution is 2.24. The van der Waals surface area contributed by atoms with Crippen molar-refractivity contribution in [2.45, 2.75) is 12.5 Å². The predicted molar refractivity (Wildman–Crippen MR) is 122 cm³/mol. The highest BCUT2D eigenvalue weighted by atomic mass is 32.1. The normalized spacial score (nSPS) is 11.6. The van der Waals surface area contributed by atoms with Crippen LogP contribution in [0.15, 0.2) is 71.8 Å². The molecule has 0 aliphatic carbocycles. The zero-order valence-corrected chi connectivity index (χ0v) is 17.7. The standard InChI is InChI=1S/C22H20N6O3S/c23-18-12-28(17-7-9-32-13-17)27-20(18)26-21(29)16-5-3-15(4-6-16)19(31-22(24)30)10-14-2-1-8-25-11-14/h1-9,11-13,19H,10,23H2,(H2,24,30)(H,26,27,29). The molecule has 0 bridgehead atoms. The van der Waals surface area contributed by atoms with Crippen LogP contribution in [0.2, 0.25) is 0 Å². The van der Waals surface area contributed by atoms with Crippen LogP contribution in [0.3, 0.4) is 0 Å². The monoisotopic (exact) mass is 448 g/mol. The topological polar surface area (TPSA) is 138 Å². The third kappa shape index (κ3) is 4.93. The van der Waals surface area contributed by atoms with Crippen LogP contribution in [0, 0.1) is 0 Å². The number of pyridine rings is 1. The number of carbonyl (C=O) groups is 2. The number of rotatable bonds is 7. The summed E-state index contributed by atoms with van der Waals surface area (Å²) >= 11 is 1.54. The van der Waals surface area contributed by atoms with Crippen molar-refractivity contribution in [1.29, 1.82) is 0 Å². The van der Waals surface area contributed by atoms with Crippen molar-refractivity contribution in [3.63, 3.8) is 0 Å². The summed E-state index contributed by atoms with van der Waals surface area (Å²) in [4.78, 5) is 28.1. The highest BCUT2D eigenvalue weighted by molar-refractivity contribution is 7.08. The molecule has 32 heavy (non-hydrogen) atoms. The molecule has 10 heteroatoms. The van der Waals surface area contributed by atoms with E-state index in [0.717, 1.165) is 11.3 Å². The maximum atomic E-state index is 12.7. The van der Waals surface area contributed by atoms with E-state index in [9.17, 15) is 9.59 Å². The third-order valence-corrected chi connectivity index (χ3v) is 5.36. The van der Waals surface area contributed by atoms with Gasteiger partial charge in [-0.25, -0.2) is 9.48 Å². The Morgan fingerprint density at radius 3 is 2.66 bits per heavy atom. The molecule has 3 heterocycles. The number of ether oxygens (including phenoxy) is 1. The second-order valence-electron chi connectivity index (χ2n) is 6.93. The fourth-order valence-electron chi connectivity index (χ4n) is 3.13. The lowest BCUT2D eigenvalue weighted by Crippen LogP contribution is -2.19. The Morgan fingerprint density at radius 1 is 1.19 bits per heavy atom. The molecule has 3 aromatic heterocycles. The number of anilines is 2. The maximum absolute atomic E-state index is 12.7. The second kappa shape index (κ2) is 9.31. The van der Waals surface area contributed by atoms with Crippen LogP contribution >= 0.6 is 11.3 Å². The van der Waals surface area contributed by atoms with Crippen molar-refractivity contribution < 1.29 is 14.3 Å². The number of nitrogens with zero attached hydrogens (tertiary/aromatic N) is 3. The van der Waals surface area contributed by atoms with Crippen LogP contribution in [-0.2, 0) is 11.2 Å². The Kier molecular flexibility index (Phi) is 6.13. The number of primary amides is 1. The maximum Gasteiger partial charge on any atom is 0.405 e. The fraction of sp³-hybridized carbons (Fsp3) is 0.0909. The summed E-state index contributed by atoms with van der Waals surface area (Å²) in [7, 11) is 0. The van der Waals surface area contributed by atoms with E-state index in [-0.39, 0.29) is 11.7 Å². The minimum absolute atomic E-state index is 0.275. The highest BCUT2D eigenvalue weighted by Gasteiger charge is 2.18. The molecule has 0 aliphatic heterocycles. The quantitative estimate of drug-likeness (QED) is 0.395. The summed E-state index contributed by atoms with van der Waals surface area (Å²) in [5, 5.41) is 10.9. The van der Waals surface area contributed by atoms with Gasteiger partial charge in [0.25, 0.3) is 5.91 Å². The van der Waals surface area contributed by atoms with Crippen LogP contribution in [0.25, 0.3) is 5.69 Å². The van der Waals surface area contributed by atoms with Gasteiger partial charge in [-0.15, -0.1) is 5.10 Å². The molecule has 4 aromatic rings. The summed E-state index contributed by atoms with van der Waals surface area (Å²) in [6, 6.07) is 12.3. The van der Waals surface area contributed by atoms with E-state index in [4.69, 9.17) is 16.2 Å². The number of thiophene rings is 1.